The van der Waals surface area contributed by atoms with Gasteiger partial charge in [0.05, 0.1) is 15.6 Å². The summed E-state index contributed by atoms with van der Waals surface area (Å²) in [6.07, 6.45) is -4.39. The Morgan fingerprint density at radius 3 is 2.14 bits per heavy atom. The fraction of sp³-hybridized carbons (Fsp3) is 0.188. The third-order valence-corrected chi connectivity index (χ3v) is 3.78. The van der Waals surface area contributed by atoms with Gasteiger partial charge in [0, 0.05) is 12.8 Å². The quantitative estimate of drug-likeness (QED) is 0.727. The molecule has 0 radical (unpaired) electrons. The van der Waals surface area contributed by atoms with E-state index in [0.717, 1.165) is 12.1 Å². The second-order valence-corrected chi connectivity index (χ2v) is 5.65. The first kappa shape index (κ1) is 16.8. The molecule has 6 heteroatoms. The van der Waals surface area contributed by atoms with Gasteiger partial charge >= 0.3 is 6.18 Å². The second kappa shape index (κ2) is 6.71. The molecular formula is C16H11Cl2F3O. The molecule has 1 nitrogen and oxygen atoms in total. The van der Waals surface area contributed by atoms with Crippen LogP contribution in [0.15, 0.2) is 42.5 Å². The SMILES string of the molecule is O=C(Cc1cccc(C(F)(F)F)c1)Cc1ccc(Cl)c(Cl)c1. The van der Waals surface area contributed by atoms with E-state index in [1.165, 1.54) is 12.1 Å². The van der Waals surface area contributed by atoms with E-state index in [4.69, 9.17) is 23.2 Å². The first-order valence-electron chi connectivity index (χ1n) is 6.37. The van der Waals surface area contributed by atoms with E-state index in [0.29, 0.717) is 21.2 Å². The lowest BCUT2D eigenvalue weighted by atomic mass is 10.0. The van der Waals surface area contributed by atoms with E-state index in [1.807, 2.05) is 0 Å². The summed E-state index contributed by atoms with van der Waals surface area (Å²) in [5, 5.41) is 0.724. The van der Waals surface area contributed by atoms with Crippen LogP contribution >= 0.6 is 23.2 Å². The van der Waals surface area contributed by atoms with E-state index >= 15 is 0 Å². The highest BCUT2D eigenvalue weighted by atomic mass is 35.5. The third kappa shape index (κ3) is 4.49. The number of hydrogen-bond acceptors (Lipinski definition) is 1. The summed E-state index contributed by atoms with van der Waals surface area (Å²) in [5.41, 5.74) is 0.249. The molecule has 0 spiro atoms. The van der Waals surface area contributed by atoms with Crippen LogP contribution in [0.1, 0.15) is 16.7 Å². The number of rotatable bonds is 4. The van der Waals surface area contributed by atoms with E-state index in [2.05, 4.69) is 0 Å². The molecule has 0 saturated heterocycles. The Labute approximate surface area is 135 Å². The largest absolute Gasteiger partial charge is 0.416 e. The van der Waals surface area contributed by atoms with Gasteiger partial charge in [0.2, 0.25) is 0 Å². The Hall–Kier alpha value is -1.52. The van der Waals surface area contributed by atoms with Crippen molar-refractivity contribution in [2.45, 2.75) is 19.0 Å². The zero-order chi connectivity index (χ0) is 16.3. The minimum absolute atomic E-state index is 0.0653. The molecule has 0 aromatic heterocycles. The van der Waals surface area contributed by atoms with Crippen LogP contribution in [0, 0.1) is 0 Å². The van der Waals surface area contributed by atoms with Crippen molar-refractivity contribution < 1.29 is 18.0 Å². The highest BCUT2D eigenvalue weighted by molar-refractivity contribution is 6.42. The van der Waals surface area contributed by atoms with Gasteiger partial charge in [0.1, 0.15) is 5.78 Å². The number of Topliss-reactive ketones (excluding diaryl/α,β-unsaturated/α-hetero) is 1. The van der Waals surface area contributed by atoms with Crippen LogP contribution in [-0.4, -0.2) is 5.78 Å². The summed E-state index contributed by atoms with van der Waals surface area (Å²) in [6.45, 7) is 0. The zero-order valence-electron chi connectivity index (χ0n) is 11.3. The normalized spacial score (nSPS) is 11.5. The maximum atomic E-state index is 12.6. The van der Waals surface area contributed by atoms with Crippen molar-refractivity contribution in [3.05, 3.63) is 69.2 Å². The summed E-state index contributed by atoms with van der Waals surface area (Å²) >= 11 is 11.6. The maximum absolute atomic E-state index is 12.6. The summed E-state index contributed by atoms with van der Waals surface area (Å²) in [5.74, 6) is -0.197. The van der Waals surface area contributed by atoms with E-state index in [1.54, 1.807) is 18.2 Å². The van der Waals surface area contributed by atoms with E-state index < -0.39 is 11.7 Å². The van der Waals surface area contributed by atoms with Crippen molar-refractivity contribution in [1.82, 2.24) is 0 Å². The Kier molecular flexibility index (Phi) is 5.14. The molecule has 0 aliphatic rings. The molecule has 0 saturated carbocycles. The predicted octanol–water partition coefficient (Wildman–Crippen LogP) is 5.37. The summed E-state index contributed by atoms with van der Waals surface area (Å²) < 4.78 is 37.9. The van der Waals surface area contributed by atoms with Crippen LogP contribution < -0.4 is 0 Å². The van der Waals surface area contributed by atoms with E-state index in [9.17, 15) is 18.0 Å². The van der Waals surface area contributed by atoms with Gasteiger partial charge in [-0.3, -0.25) is 4.79 Å². The fourth-order valence-corrected chi connectivity index (χ4v) is 2.35. The van der Waals surface area contributed by atoms with Crippen molar-refractivity contribution in [3.8, 4) is 0 Å². The highest BCUT2D eigenvalue weighted by Crippen LogP contribution is 2.29. The van der Waals surface area contributed by atoms with Crippen molar-refractivity contribution >= 4 is 29.0 Å². The molecule has 0 aliphatic carbocycles. The molecule has 2 aromatic carbocycles. The zero-order valence-corrected chi connectivity index (χ0v) is 12.8. The summed E-state index contributed by atoms with van der Waals surface area (Å²) in [7, 11) is 0. The van der Waals surface area contributed by atoms with Gasteiger partial charge in [-0.25, -0.2) is 0 Å². The number of hydrogen-bond donors (Lipinski definition) is 0. The molecule has 0 unspecified atom stereocenters. The number of benzene rings is 2. The Morgan fingerprint density at radius 2 is 1.55 bits per heavy atom. The number of halogens is 5. The van der Waals surface area contributed by atoms with Crippen LogP contribution in [-0.2, 0) is 23.8 Å². The lowest BCUT2D eigenvalue weighted by molar-refractivity contribution is -0.137. The molecule has 22 heavy (non-hydrogen) atoms. The Bertz CT molecular complexity index is 696. The lowest BCUT2D eigenvalue weighted by Gasteiger charge is -2.08. The Morgan fingerprint density at radius 1 is 0.909 bits per heavy atom. The van der Waals surface area contributed by atoms with Gasteiger partial charge in [0.25, 0.3) is 0 Å². The summed E-state index contributed by atoms with van der Waals surface area (Å²) in [4.78, 5) is 12.0. The molecule has 0 fully saturated rings. The van der Waals surface area contributed by atoms with Crippen LogP contribution in [0.5, 0.6) is 0 Å². The first-order valence-corrected chi connectivity index (χ1v) is 7.13. The van der Waals surface area contributed by atoms with Crippen molar-refractivity contribution in [2.24, 2.45) is 0 Å². The minimum Gasteiger partial charge on any atom is -0.299 e. The average molecular weight is 347 g/mol. The molecule has 2 aromatic rings. The smallest absolute Gasteiger partial charge is 0.299 e. The van der Waals surface area contributed by atoms with Gasteiger partial charge < -0.3 is 0 Å². The highest BCUT2D eigenvalue weighted by Gasteiger charge is 2.30. The molecule has 2 rings (SSSR count). The summed E-state index contributed by atoms with van der Waals surface area (Å²) in [6, 6.07) is 9.59. The van der Waals surface area contributed by atoms with Gasteiger partial charge in [0.15, 0.2) is 0 Å². The average Bonchev–Trinajstić information content (AvgIpc) is 2.42. The van der Waals surface area contributed by atoms with Crippen molar-refractivity contribution in [2.75, 3.05) is 0 Å². The number of ketones is 1. The van der Waals surface area contributed by atoms with Crippen LogP contribution in [0.3, 0.4) is 0 Å². The fourth-order valence-electron chi connectivity index (χ4n) is 2.03. The number of carbonyl (C=O) groups is 1. The molecule has 0 bridgehead atoms. The minimum atomic E-state index is -4.41. The molecular weight excluding hydrogens is 336 g/mol. The van der Waals surface area contributed by atoms with Crippen molar-refractivity contribution in [3.63, 3.8) is 0 Å². The Balaban J connectivity index is 2.07. The lowest BCUT2D eigenvalue weighted by Crippen LogP contribution is -2.09. The monoisotopic (exact) mass is 346 g/mol. The maximum Gasteiger partial charge on any atom is 0.416 e. The number of carbonyl (C=O) groups excluding carboxylic acids is 1. The standard InChI is InChI=1S/C16H11Cl2F3O/c17-14-5-4-11(9-15(14)18)8-13(22)7-10-2-1-3-12(6-10)16(19,20)21/h1-6,9H,7-8H2. The van der Waals surface area contributed by atoms with Gasteiger partial charge in [-0.05, 0) is 29.3 Å². The molecule has 0 N–H and O–H groups in total. The number of alkyl halides is 3. The van der Waals surface area contributed by atoms with Crippen molar-refractivity contribution in [1.29, 1.82) is 0 Å². The van der Waals surface area contributed by atoms with E-state index in [-0.39, 0.29) is 18.6 Å². The third-order valence-electron chi connectivity index (χ3n) is 3.04. The van der Waals surface area contributed by atoms with Gasteiger partial charge in [-0.1, -0.05) is 47.5 Å². The topological polar surface area (TPSA) is 17.1 Å². The first-order chi connectivity index (χ1) is 10.3. The van der Waals surface area contributed by atoms with Gasteiger partial charge in [-0.15, -0.1) is 0 Å². The molecule has 0 heterocycles. The second-order valence-electron chi connectivity index (χ2n) is 4.84. The molecule has 0 amide bonds. The molecule has 0 atom stereocenters. The van der Waals surface area contributed by atoms with Crippen LogP contribution in [0.25, 0.3) is 0 Å². The molecule has 116 valence electrons. The van der Waals surface area contributed by atoms with Crippen LogP contribution in [0.4, 0.5) is 13.2 Å². The predicted molar refractivity (Wildman–Crippen MR) is 80.3 cm³/mol. The van der Waals surface area contributed by atoms with Gasteiger partial charge in [-0.2, -0.15) is 13.2 Å². The van der Waals surface area contributed by atoms with Crippen LogP contribution in [0.2, 0.25) is 10.0 Å². The molecule has 0 aliphatic heterocycles.